The van der Waals surface area contributed by atoms with Gasteiger partial charge in [0.15, 0.2) is 5.88 Å². The first-order valence-electron chi connectivity index (χ1n) is 5.51. The van der Waals surface area contributed by atoms with Crippen LogP contribution in [0.3, 0.4) is 0 Å². The minimum atomic E-state index is 0.776. The van der Waals surface area contributed by atoms with Crippen LogP contribution in [0.4, 0.5) is 0 Å². The lowest BCUT2D eigenvalue weighted by atomic mass is 10.3. The van der Waals surface area contributed by atoms with Crippen molar-refractivity contribution in [3.63, 3.8) is 0 Å². The van der Waals surface area contributed by atoms with Crippen molar-refractivity contribution in [3.05, 3.63) is 18.3 Å². The highest BCUT2D eigenvalue weighted by atomic mass is 16.5. The van der Waals surface area contributed by atoms with Crippen LogP contribution in [0.15, 0.2) is 18.3 Å². The number of rotatable bonds is 5. The van der Waals surface area contributed by atoms with E-state index < -0.39 is 0 Å². The molecule has 0 spiro atoms. The van der Waals surface area contributed by atoms with Crippen LogP contribution in [0.5, 0.6) is 5.88 Å². The van der Waals surface area contributed by atoms with Gasteiger partial charge < -0.3 is 14.5 Å². The van der Waals surface area contributed by atoms with Crippen LogP contribution >= 0.6 is 0 Å². The predicted molar refractivity (Wildman–Crippen MR) is 58.2 cm³/mol. The molecule has 1 aliphatic rings. The largest absolute Gasteiger partial charge is 0.479 e. The highest BCUT2D eigenvalue weighted by Gasteiger charge is 2.09. The minimum absolute atomic E-state index is 0.776. The summed E-state index contributed by atoms with van der Waals surface area (Å²) in [6, 6.07) is 3.88. The van der Waals surface area contributed by atoms with Gasteiger partial charge in [0.1, 0.15) is 0 Å². The maximum absolute atomic E-state index is 5.52. The number of nitrogens with one attached hydrogen (secondary N) is 1. The van der Waals surface area contributed by atoms with Crippen LogP contribution in [0.2, 0.25) is 0 Å². The zero-order valence-corrected chi connectivity index (χ0v) is 8.95. The van der Waals surface area contributed by atoms with Crippen molar-refractivity contribution < 1.29 is 9.47 Å². The maximum atomic E-state index is 5.52. The van der Waals surface area contributed by atoms with Crippen LogP contribution in [-0.4, -0.2) is 49.3 Å². The Kier molecular flexibility index (Phi) is 4.05. The Morgan fingerprint density at radius 2 is 2.27 bits per heavy atom. The lowest BCUT2D eigenvalue weighted by Gasteiger charge is -2.26. The molecule has 4 heteroatoms. The molecule has 1 fully saturated rings. The second-order valence-electron chi connectivity index (χ2n) is 3.69. The molecule has 1 saturated heterocycles. The Bertz CT molecular complexity index is 256. The van der Waals surface area contributed by atoms with Gasteiger partial charge in [0.2, 0.25) is 0 Å². The van der Waals surface area contributed by atoms with Crippen molar-refractivity contribution in [2.75, 3.05) is 39.5 Å². The number of H-pyrrole nitrogens is 1. The summed E-state index contributed by atoms with van der Waals surface area (Å²) < 4.78 is 10.8. The van der Waals surface area contributed by atoms with Gasteiger partial charge in [-0.1, -0.05) is 0 Å². The van der Waals surface area contributed by atoms with E-state index in [-0.39, 0.29) is 0 Å². The molecule has 0 radical (unpaired) electrons. The first-order chi connectivity index (χ1) is 7.45. The number of hydrogen-bond donors (Lipinski definition) is 1. The Hall–Kier alpha value is -1.00. The molecular weight excluding hydrogens is 192 g/mol. The third-order valence-corrected chi connectivity index (χ3v) is 2.55. The number of morpholine rings is 1. The molecule has 84 valence electrons. The van der Waals surface area contributed by atoms with Crippen LogP contribution in [-0.2, 0) is 4.74 Å². The van der Waals surface area contributed by atoms with E-state index in [1.807, 2.05) is 18.3 Å². The van der Waals surface area contributed by atoms with E-state index in [1.54, 1.807) is 0 Å². The van der Waals surface area contributed by atoms with Crippen LogP contribution < -0.4 is 4.74 Å². The molecule has 1 aromatic heterocycles. The second kappa shape index (κ2) is 5.78. The molecule has 2 rings (SSSR count). The summed E-state index contributed by atoms with van der Waals surface area (Å²) in [7, 11) is 0. The zero-order valence-electron chi connectivity index (χ0n) is 8.95. The zero-order chi connectivity index (χ0) is 10.3. The van der Waals surface area contributed by atoms with E-state index in [9.17, 15) is 0 Å². The third-order valence-electron chi connectivity index (χ3n) is 2.55. The average molecular weight is 210 g/mol. The molecule has 0 unspecified atom stereocenters. The van der Waals surface area contributed by atoms with Gasteiger partial charge in [-0.05, 0) is 18.6 Å². The molecular formula is C11H18N2O2. The molecule has 0 aromatic carbocycles. The monoisotopic (exact) mass is 210 g/mol. The number of aromatic amines is 1. The fourth-order valence-corrected chi connectivity index (χ4v) is 1.70. The molecule has 1 N–H and O–H groups in total. The first kappa shape index (κ1) is 10.5. The van der Waals surface area contributed by atoms with Gasteiger partial charge in [-0.3, -0.25) is 4.90 Å². The summed E-state index contributed by atoms with van der Waals surface area (Å²) in [6.45, 7) is 5.74. The van der Waals surface area contributed by atoms with Gasteiger partial charge in [-0.2, -0.15) is 0 Å². The topological polar surface area (TPSA) is 37.5 Å². The lowest BCUT2D eigenvalue weighted by molar-refractivity contribution is 0.0357. The van der Waals surface area contributed by atoms with Gasteiger partial charge >= 0.3 is 0 Å². The van der Waals surface area contributed by atoms with Gasteiger partial charge in [0.25, 0.3) is 0 Å². The molecule has 4 nitrogen and oxygen atoms in total. The molecule has 0 amide bonds. The van der Waals surface area contributed by atoms with Crippen LogP contribution in [0.1, 0.15) is 6.42 Å². The fourth-order valence-electron chi connectivity index (χ4n) is 1.70. The average Bonchev–Trinajstić information content (AvgIpc) is 2.79. The molecule has 0 atom stereocenters. The van der Waals surface area contributed by atoms with E-state index in [0.29, 0.717) is 0 Å². The van der Waals surface area contributed by atoms with Crippen molar-refractivity contribution in [1.29, 1.82) is 0 Å². The van der Waals surface area contributed by atoms with E-state index >= 15 is 0 Å². The summed E-state index contributed by atoms with van der Waals surface area (Å²) >= 11 is 0. The standard InChI is InChI=1S/C11H18N2O2/c1-3-11(12-4-1)15-8-2-5-13-6-9-14-10-7-13/h1,3-4,12H,2,5-10H2. The molecule has 0 bridgehead atoms. The predicted octanol–water partition coefficient (Wildman–Crippen LogP) is 1.12. The smallest absolute Gasteiger partial charge is 0.190 e. The first-order valence-corrected chi connectivity index (χ1v) is 5.51. The Morgan fingerprint density at radius 1 is 1.40 bits per heavy atom. The normalized spacial score (nSPS) is 17.9. The van der Waals surface area contributed by atoms with E-state index in [2.05, 4.69) is 9.88 Å². The Balaban J connectivity index is 1.54. The molecule has 1 aliphatic heterocycles. The Labute approximate surface area is 90.2 Å². The van der Waals surface area contributed by atoms with Crippen molar-refractivity contribution >= 4 is 0 Å². The number of nitrogens with zero attached hydrogens (tertiary/aromatic N) is 1. The highest BCUT2D eigenvalue weighted by Crippen LogP contribution is 2.05. The van der Waals surface area contributed by atoms with Crippen LogP contribution in [0.25, 0.3) is 0 Å². The van der Waals surface area contributed by atoms with Gasteiger partial charge in [0.05, 0.1) is 19.8 Å². The molecule has 1 aromatic rings. The summed E-state index contributed by atoms with van der Waals surface area (Å²) in [5.41, 5.74) is 0. The van der Waals surface area contributed by atoms with Gasteiger partial charge in [0, 0.05) is 25.8 Å². The van der Waals surface area contributed by atoms with Crippen LogP contribution in [0, 0.1) is 0 Å². The summed E-state index contributed by atoms with van der Waals surface area (Å²) in [4.78, 5) is 5.44. The molecule has 2 heterocycles. The third kappa shape index (κ3) is 3.57. The maximum Gasteiger partial charge on any atom is 0.190 e. The summed E-state index contributed by atoms with van der Waals surface area (Å²) in [5.74, 6) is 0.858. The number of hydrogen-bond acceptors (Lipinski definition) is 3. The lowest BCUT2D eigenvalue weighted by Crippen LogP contribution is -2.37. The van der Waals surface area contributed by atoms with Crippen molar-refractivity contribution in [2.45, 2.75) is 6.42 Å². The molecule has 0 aliphatic carbocycles. The fraction of sp³-hybridized carbons (Fsp3) is 0.636. The number of aromatic nitrogens is 1. The summed E-state index contributed by atoms with van der Waals surface area (Å²) in [5, 5.41) is 0. The highest BCUT2D eigenvalue weighted by molar-refractivity contribution is 5.09. The van der Waals surface area contributed by atoms with Crippen molar-refractivity contribution in [1.82, 2.24) is 9.88 Å². The van der Waals surface area contributed by atoms with Crippen molar-refractivity contribution in [3.8, 4) is 5.88 Å². The van der Waals surface area contributed by atoms with Gasteiger partial charge in [-0.15, -0.1) is 0 Å². The molecule has 15 heavy (non-hydrogen) atoms. The summed E-state index contributed by atoms with van der Waals surface area (Å²) in [6.07, 6.45) is 2.94. The molecule has 0 saturated carbocycles. The van der Waals surface area contributed by atoms with Gasteiger partial charge in [-0.25, -0.2) is 0 Å². The quantitative estimate of drug-likeness (QED) is 0.740. The minimum Gasteiger partial charge on any atom is -0.479 e. The van der Waals surface area contributed by atoms with E-state index in [1.165, 1.54) is 0 Å². The van der Waals surface area contributed by atoms with Crippen molar-refractivity contribution in [2.24, 2.45) is 0 Å². The van der Waals surface area contributed by atoms with E-state index in [0.717, 1.165) is 51.8 Å². The SMILES string of the molecule is c1c[nH]c(OCCCN2CCOCC2)c1. The van der Waals surface area contributed by atoms with E-state index in [4.69, 9.17) is 9.47 Å². The Morgan fingerprint density at radius 3 is 3.00 bits per heavy atom. The second-order valence-corrected chi connectivity index (χ2v) is 3.69. The number of ether oxygens (including phenoxy) is 2.